The fourth-order valence-corrected chi connectivity index (χ4v) is 1.44. The van der Waals surface area contributed by atoms with Crippen LogP contribution in [0.25, 0.3) is 0 Å². The highest BCUT2D eigenvalue weighted by Crippen LogP contribution is 2.14. The first-order valence-corrected chi connectivity index (χ1v) is 3.92. The van der Waals surface area contributed by atoms with Gasteiger partial charge in [0.05, 0.1) is 6.07 Å². The number of likely N-dealkylation sites (tertiary alicyclic amines) is 1. The largest absolute Gasteiger partial charge is 0.302 e. The molecule has 0 aliphatic carbocycles. The van der Waals surface area contributed by atoms with Crippen LogP contribution in [0.5, 0.6) is 0 Å². The second-order valence-electron chi connectivity index (χ2n) is 3.10. The van der Waals surface area contributed by atoms with E-state index in [4.69, 9.17) is 5.26 Å². The Balaban J connectivity index is 2.14. The molecule has 1 fully saturated rings. The minimum atomic E-state index is 0.687. The van der Waals surface area contributed by atoms with Crippen molar-refractivity contribution in [3.05, 3.63) is 0 Å². The maximum Gasteiger partial charge on any atom is 0.0635 e. The topological polar surface area (TPSA) is 27.0 Å². The van der Waals surface area contributed by atoms with Crippen molar-refractivity contribution in [3.8, 4) is 6.07 Å². The Morgan fingerprint density at radius 2 is 2.50 bits per heavy atom. The van der Waals surface area contributed by atoms with Crippen molar-refractivity contribution in [3.63, 3.8) is 0 Å². The molecule has 1 atom stereocenters. The molecule has 2 nitrogen and oxygen atoms in total. The van der Waals surface area contributed by atoms with E-state index in [1.54, 1.807) is 0 Å². The van der Waals surface area contributed by atoms with Gasteiger partial charge in [-0.3, -0.25) is 0 Å². The number of hydrogen-bond acceptors (Lipinski definition) is 2. The van der Waals surface area contributed by atoms with Crippen LogP contribution < -0.4 is 0 Å². The second-order valence-corrected chi connectivity index (χ2v) is 3.10. The summed E-state index contributed by atoms with van der Waals surface area (Å²) in [6.07, 6.45) is 2.00. The number of nitrogens with zero attached hydrogens (tertiary/aromatic N) is 2. The fraction of sp³-hybridized carbons (Fsp3) is 0.875. The summed E-state index contributed by atoms with van der Waals surface area (Å²) in [5.41, 5.74) is 0. The van der Waals surface area contributed by atoms with Crippen molar-refractivity contribution < 1.29 is 0 Å². The summed E-state index contributed by atoms with van der Waals surface area (Å²) in [6.45, 7) is 5.64. The molecule has 1 rings (SSSR count). The van der Waals surface area contributed by atoms with E-state index in [-0.39, 0.29) is 0 Å². The van der Waals surface area contributed by atoms with Crippen LogP contribution in [0.4, 0.5) is 0 Å². The molecule has 2 heteroatoms. The average molecular weight is 138 g/mol. The molecule has 0 saturated carbocycles. The van der Waals surface area contributed by atoms with Gasteiger partial charge in [-0.1, -0.05) is 6.92 Å². The third kappa shape index (κ3) is 2.00. The molecule has 0 spiro atoms. The summed E-state index contributed by atoms with van der Waals surface area (Å²) in [6, 6.07) is 2.17. The molecule has 0 radical (unpaired) electrons. The van der Waals surface area contributed by atoms with Gasteiger partial charge in [-0.05, 0) is 18.9 Å². The normalized spacial score (nSPS) is 26.6. The predicted molar refractivity (Wildman–Crippen MR) is 40.5 cm³/mol. The molecule has 0 amide bonds. The third-order valence-corrected chi connectivity index (χ3v) is 2.05. The lowest BCUT2D eigenvalue weighted by atomic mass is 10.2. The van der Waals surface area contributed by atoms with Crippen molar-refractivity contribution in [1.82, 2.24) is 4.90 Å². The molecule has 1 heterocycles. The van der Waals surface area contributed by atoms with Crippen LogP contribution in [-0.4, -0.2) is 24.5 Å². The maximum absolute atomic E-state index is 8.32. The van der Waals surface area contributed by atoms with E-state index in [0.717, 1.165) is 12.5 Å². The summed E-state index contributed by atoms with van der Waals surface area (Å²) in [7, 11) is 0. The zero-order valence-corrected chi connectivity index (χ0v) is 6.51. The smallest absolute Gasteiger partial charge is 0.0635 e. The second kappa shape index (κ2) is 3.58. The van der Waals surface area contributed by atoms with Gasteiger partial charge in [-0.15, -0.1) is 0 Å². The van der Waals surface area contributed by atoms with Crippen molar-refractivity contribution in [2.24, 2.45) is 5.92 Å². The number of hydrogen-bond donors (Lipinski definition) is 0. The minimum absolute atomic E-state index is 0.687. The van der Waals surface area contributed by atoms with Crippen LogP contribution in [0.2, 0.25) is 0 Å². The van der Waals surface area contributed by atoms with E-state index in [0.29, 0.717) is 6.42 Å². The SMILES string of the molecule is C[C@@H]1CCN(CCC#N)C1. The first-order valence-electron chi connectivity index (χ1n) is 3.92. The van der Waals surface area contributed by atoms with Gasteiger partial charge in [0.2, 0.25) is 0 Å². The highest BCUT2D eigenvalue weighted by Gasteiger charge is 2.17. The molecule has 0 N–H and O–H groups in total. The highest BCUT2D eigenvalue weighted by atomic mass is 15.1. The molecular weight excluding hydrogens is 124 g/mol. The molecule has 1 saturated heterocycles. The Hall–Kier alpha value is -0.550. The monoisotopic (exact) mass is 138 g/mol. The predicted octanol–water partition coefficient (Wildman–Crippen LogP) is 1.24. The molecule has 0 unspecified atom stereocenters. The summed E-state index contributed by atoms with van der Waals surface area (Å²) in [5, 5.41) is 8.32. The first-order chi connectivity index (χ1) is 4.83. The van der Waals surface area contributed by atoms with Gasteiger partial charge >= 0.3 is 0 Å². The molecular formula is C8H14N2. The van der Waals surface area contributed by atoms with Crippen molar-refractivity contribution in [2.45, 2.75) is 19.8 Å². The summed E-state index contributed by atoms with van der Waals surface area (Å²) in [5.74, 6) is 0.846. The summed E-state index contributed by atoms with van der Waals surface area (Å²) in [4.78, 5) is 2.37. The van der Waals surface area contributed by atoms with Crippen LogP contribution in [0.15, 0.2) is 0 Å². The Morgan fingerprint density at radius 1 is 1.70 bits per heavy atom. The van der Waals surface area contributed by atoms with Crippen LogP contribution in [0, 0.1) is 17.2 Å². The Labute approximate surface area is 62.4 Å². The van der Waals surface area contributed by atoms with Crippen molar-refractivity contribution >= 4 is 0 Å². The lowest BCUT2D eigenvalue weighted by Gasteiger charge is -2.11. The standard InChI is InChI=1S/C8H14N2/c1-8-3-6-10(7-8)5-2-4-9/h8H,2-3,5-7H2,1H3/t8-/m1/s1. The van der Waals surface area contributed by atoms with Gasteiger partial charge < -0.3 is 4.90 Å². The Morgan fingerprint density at radius 3 is 3.00 bits per heavy atom. The quantitative estimate of drug-likeness (QED) is 0.574. The van der Waals surface area contributed by atoms with Crippen molar-refractivity contribution in [2.75, 3.05) is 19.6 Å². The molecule has 0 aromatic carbocycles. The van der Waals surface area contributed by atoms with E-state index in [9.17, 15) is 0 Å². The molecule has 10 heavy (non-hydrogen) atoms. The zero-order valence-electron chi connectivity index (χ0n) is 6.51. The molecule has 0 aromatic heterocycles. The van der Waals surface area contributed by atoms with Gasteiger partial charge in [-0.25, -0.2) is 0 Å². The molecule has 0 bridgehead atoms. The molecule has 1 aliphatic rings. The maximum atomic E-state index is 8.32. The third-order valence-electron chi connectivity index (χ3n) is 2.05. The van der Waals surface area contributed by atoms with Gasteiger partial charge in [-0.2, -0.15) is 5.26 Å². The lowest BCUT2D eigenvalue weighted by Crippen LogP contribution is -2.20. The van der Waals surface area contributed by atoms with Gasteiger partial charge in [0.25, 0.3) is 0 Å². The number of rotatable bonds is 2. The highest BCUT2D eigenvalue weighted by molar-refractivity contribution is 4.77. The van der Waals surface area contributed by atoms with E-state index in [1.165, 1.54) is 19.5 Å². The first kappa shape index (κ1) is 7.56. The fourth-order valence-electron chi connectivity index (χ4n) is 1.44. The van der Waals surface area contributed by atoms with Crippen molar-refractivity contribution in [1.29, 1.82) is 5.26 Å². The summed E-state index contributed by atoms with van der Waals surface area (Å²) < 4.78 is 0. The zero-order chi connectivity index (χ0) is 7.40. The molecule has 0 aromatic rings. The van der Waals surface area contributed by atoms with Crippen LogP contribution in [0.3, 0.4) is 0 Å². The van der Waals surface area contributed by atoms with E-state index in [2.05, 4.69) is 17.9 Å². The Bertz CT molecular complexity index is 137. The average Bonchev–Trinajstić information content (AvgIpc) is 2.31. The Kier molecular flexibility index (Phi) is 2.70. The molecule has 56 valence electrons. The lowest BCUT2D eigenvalue weighted by molar-refractivity contribution is 0.336. The molecule has 1 aliphatic heterocycles. The van der Waals surface area contributed by atoms with Gasteiger partial charge in [0, 0.05) is 19.5 Å². The van der Waals surface area contributed by atoms with E-state index >= 15 is 0 Å². The minimum Gasteiger partial charge on any atom is -0.302 e. The van der Waals surface area contributed by atoms with Gasteiger partial charge in [0.1, 0.15) is 0 Å². The van der Waals surface area contributed by atoms with E-state index < -0.39 is 0 Å². The number of nitriles is 1. The van der Waals surface area contributed by atoms with Crippen LogP contribution >= 0.6 is 0 Å². The van der Waals surface area contributed by atoms with Crippen LogP contribution in [0.1, 0.15) is 19.8 Å². The van der Waals surface area contributed by atoms with Crippen LogP contribution in [-0.2, 0) is 0 Å². The summed E-state index contributed by atoms with van der Waals surface area (Å²) >= 11 is 0. The van der Waals surface area contributed by atoms with E-state index in [1.807, 2.05) is 0 Å². The van der Waals surface area contributed by atoms with Gasteiger partial charge in [0.15, 0.2) is 0 Å².